The number of amides is 1. The summed E-state index contributed by atoms with van der Waals surface area (Å²) >= 11 is 0. The lowest BCUT2D eigenvalue weighted by molar-refractivity contribution is -0.153. The molecular formula is C20H18F3NO3. The Bertz CT molecular complexity index is 828. The summed E-state index contributed by atoms with van der Waals surface area (Å²) in [5.41, 5.74) is 1.24. The van der Waals surface area contributed by atoms with Gasteiger partial charge in [0.2, 0.25) is 0 Å². The highest BCUT2D eigenvalue weighted by Gasteiger charge is 2.29. The monoisotopic (exact) mass is 377 g/mol. The van der Waals surface area contributed by atoms with Crippen LogP contribution in [0.4, 0.5) is 18.9 Å². The number of carbonyl (C=O) groups excluding carboxylic acids is 1. The third kappa shape index (κ3) is 5.96. The highest BCUT2D eigenvalue weighted by Crippen LogP contribution is 2.28. The van der Waals surface area contributed by atoms with Crippen LogP contribution in [0.1, 0.15) is 12.5 Å². The van der Waals surface area contributed by atoms with Gasteiger partial charge in [0.05, 0.1) is 0 Å². The van der Waals surface area contributed by atoms with Crippen molar-refractivity contribution in [1.82, 2.24) is 0 Å². The highest BCUT2D eigenvalue weighted by atomic mass is 19.4. The molecule has 0 radical (unpaired) electrons. The van der Waals surface area contributed by atoms with Crippen LogP contribution in [0.2, 0.25) is 0 Å². The van der Waals surface area contributed by atoms with Gasteiger partial charge in [0.1, 0.15) is 0 Å². The lowest BCUT2D eigenvalue weighted by atomic mass is 10.2. The molecule has 0 saturated carbocycles. The Morgan fingerprint density at radius 2 is 1.78 bits per heavy atom. The van der Waals surface area contributed by atoms with Crippen molar-refractivity contribution in [2.75, 3.05) is 24.7 Å². The fraction of sp³-hybridized carbons (Fsp3) is 0.250. The first-order valence-electron chi connectivity index (χ1n) is 8.12. The van der Waals surface area contributed by atoms with Gasteiger partial charge in [0, 0.05) is 17.8 Å². The predicted octanol–water partition coefficient (Wildman–Crippen LogP) is 4.04. The summed E-state index contributed by atoms with van der Waals surface area (Å²) in [6, 6.07) is 12.8. The minimum atomic E-state index is -4.47. The Labute approximate surface area is 155 Å². The molecule has 2 aromatic carbocycles. The number of hydrogen-bond donors (Lipinski definition) is 0. The maximum atomic E-state index is 12.5. The van der Waals surface area contributed by atoms with Crippen molar-refractivity contribution in [3.63, 3.8) is 0 Å². The number of ether oxygens (including phenoxy) is 2. The molecule has 0 spiro atoms. The van der Waals surface area contributed by atoms with Gasteiger partial charge in [-0.1, -0.05) is 24.1 Å². The van der Waals surface area contributed by atoms with Gasteiger partial charge in [-0.15, -0.1) is 6.42 Å². The van der Waals surface area contributed by atoms with Crippen molar-refractivity contribution in [3.8, 4) is 23.8 Å². The molecule has 27 heavy (non-hydrogen) atoms. The van der Waals surface area contributed by atoms with E-state index in [-0.39, 0.29) is 24.0 Å². The number of rotatable bonds is 7. The molecule has 2 aromatic rings. The molecule has 0 bridgehead atoms. The first kappa shape index (κ1) is 20.2. The molecule has 0 fully saturated rings. The molecule has 0 atom stereocenters. The van der Waals surface area contributed by atoms with Gasteiger partial charge in [-0.2, -0.15) is 13.2 Å². The number of anilines is 1. The maximum absolute atomic E-state index is 12.5. The number of hydrogen-bond acceptors (Lipinski definition) is 3. The zero-order chi connectivity index (χ0) is 19.9. The Kier molecular flexibility index (Phi) is 6.72. The number of terminal acetylenes is 1. The largest absolute Gasteiger partial charge is 0.480 e. The summed E-state index contributed by atoms with van der Waals surface area (Å²) in [5, 5.41) is 0. The van der Waals surface area contributed by atoms with E-state index >= 15 is 0 Å². The van der Waals surface area contributed by atoms with E-state index in [2.05, 4.69) is 5.92 Å². The Morgan fingerprint density at radius 3 is 2.37 bits per heavy atom. The minimum Gasteiger partial charge on any atom is -0.480 e. The Hall–Kier alpha value is -3.14. The van der Waals surface area contributed by atoms with Crippen LogP contribution in [0, 0.1) is 12.3 Å². The second-order valence-electron chi connectivity index (χ2n) is 5.47. The lowest BCUT2D eigenvalue weighted by Gasteiger charge is -2.22. The molecule has 0 aromatic heterocycles. The van der Waals surface area contributed by atoms with Crippen LogP contribution < -0.4 is 14.4 Å². The summed E-state index contributed by atoms with van der Waals surface area (Å²) in [4.78, 5) is 14.0. The molecule has 1 amide bonds. The molecule has 0 aliphatic rings. The number of benzene rings is 2. The van der Waals surface area contributed by atoms with Crippen LogP contribution >= 0.6 is 0 Å². The normalized spacial score (nSPS) is 10.8. The van der Waals surface area contributed by atoms with E-state index < -0.39 is 12.8 Å². The third-order valence-corrected chi connectivity index (χ3v) is 3.53. The van der Waals surface area contributed by atoms with Crippen LogP contribution in [-0.4, -0.2) is 31.8 Å². The third-order valence-electron chi connectivity index (χ3n) is 3.53. The van der Waals surface area contributed by atoms with Crippen molar-refractivity contribution in [2.24, 2.45) is 0 Å². The average molecular weight is 377 g/mol. The van der Waals surface area contributed by atoms with Crippen LogP contribution in [0.3, 0.4) is 0 Å². The predicted molar refractivity (Wildman–Crippen MR) is 95.9 cm³/mol. The van der Waals surface area contributed by atoms with E-state index in [0.717, 1.165) is 0 Å². The highest BCUT2D eigenvalue weighted by molar-refractivity contribution is 5.94. The van der Waals surface area contributed by atoms with E-state index in [4.69, 9.17) is 15.9 Å². The molecule has 0 saturated heterocycles. The fourth-order valence-electron chi connectivity index (χ4n) is 2.33. The SMILES string of the molecule is C#Cc1cccc(N(CC)C(=O)COc2ccccc2OCC(F)(F)F)c1. The smallest absolute Gasteiger partial charge is 0.422 e. The van der Waals surface area contributed by atoms with Crippen molar-refractivity contribution >= 4 is 11.6 Å². The molecule has 142 valence electrons. The molecule has 4 nitrogen and oxygen atoms in total. The van der Waals surface area contributed by atoms with Crippen molar-refractivity contribution in [3.05, 3.63) is 54.1 Å². The molecule has 0 unspecified atom stereocenters. The van der Waals surface area contributed by atoms with Gasteiger partial charge in [-0.3, -0.25) is 4.79 Å². The minimum absolute atomic E-state index is 0.0588. The molecule has 2 rings (SSSR count). The van der Waals surface area contributed by atoms with Crippen LogP contribution in [0.15, 0.2) is 48.5 Å². The number of alkyl halides is 3. The molecule has 0 aliphatic heterocycles. The van der Waals surface area contributed by atoms with Gasteiger partial charge < -0.3 is 14.4 Å². The van der Waals surface area contributed by atoms with Gasteiger partial charge in [0.15, 0.2) is 24.7 Å². The van der Waals surface area contributed by atoms with Crippen LogP contribution in [0.25, 0.3) is 0 Å². The number of nitrogens with zero attached hydrogens (tertiary/aromatic N) is 1. The average Bonchev–Trinajstić information content (AvgIpc) is 2.65. The van der Waals surface area contributed by atoms with Crippen molar-refractivity contribution in [2.45, 2.75) is 13.1 Å². The number of halogens is 3. The summed E-state index contributed by atoms with van der Waals surface area (Å²) < 4.78 is 47.2. The first-order chi connectivity index (χ1) is 12.8. The zero-order valence-corrected chi connectivity index (χ0v) is 14.6. The summed E-state index contributed by atoms with van der Waals surface area (Å²) in [7, 11) is 0. The van der Waals surface area contributed by atoms with Gasteiger partial charge in [-0.05, 0) is 37.3 Å². The van der Waals surface area contributed by atoms with Crippen molar-refractivity contribution < 1.29 is 27.4 Å². The van der Waals surface area contributed by atoms with Gasteiger partial charge >= 0.3 is 6.18 Å². The number of para-hydroxylation sites is 2. The summed E-state index contributed by atoms with van der Waals surface area (Å²) in [5.74, 6) is 2.11. The van der Waals surface area contributed by atoms with Crippen LogP contribution in [-0.2, 0) is 4.79 Å². The zero-order valence-electron chi connectivity index (χ0n) is 14.6. The molecular weight excluding hydrogens is 359 g/mol. The van der Waals surface area contributed by atoms with Gasteiger partial charge in [-0.25, -0.2) is 0 Å². The molecule has 7 heteroatoms. The van der Waals surface area contributed by atoms with E-state index in [1.165, 1.54) is 23.1 Å². The Balaban J connectivity index is 2.07. The quantitative estimate of drug-likeness (QED) is 0.684. The van der Waals surface area contributed by atoms with Crippen LogP contribution in [0.5, 0.6) is 11.5 Å². The van der Waals surface area contributed by atoms with E-state index in [0.29, 0.717) is 17.8 Å². The van der Waals surface area contributed by atoms with Crippen molar-refractivity contribution in [1.29, 1.82) is 0 Å². The topological polar surface area (TPSA) is 38.8 Å². The second-order valence-corrected chi connectivity index (χ2v) is 5.47. The fourth-order valence-corrected chi connectivity index (χ4v) is 2.33. The number of carbonyl (C=O) groups is 1. The van der Waals surface area contributed by atoms with Gasteiger partial charge in [0.25, 0.3) is 5.91 Å². The summed E-state index contributed by atoms with van der Waals surface area (Å²) in [6.07, 6.45) is 0.906. The molecule has 0 heterocycles. The van der Waals surface area contributed by atoms with E-state index in [9.17, 15) is 18.0 Å². The standard InChI is InChI=1S/C20H18F3NO3/c1-3-15-8-7-9-16(12-15)24(4-2)19(25)13-26-17-10-5-6-11-18(17)27-14-20(21,22)23/h1,5-12H,4,13-14H2,2H3. The number of likely N-dealkylation sites (N-methyl/N-ethyl adjacent to an activating group) is 1. The van der Waals surface area contributed by atoms with E-state index in [1.54, 1.807) is 37.3 Å². The second kappa shape index (κ2) is 8.99. The Morgan fingerprint density at radius 1 is 1.11 bits per heavy atom. The summed E-state index contributed by atoms with van der Waals surface area (Å²) in [6.45, 7) is 0.366. The first-order valence-corrected chi connectivity index (χ1v) is 8.12. The van der Waals surface area contributed by atoms with E-state index in [1.807, 2.05) is 0 Å². The maximum Gasteiger partial charge on any atom is 0.422 e. The molecule has 0 aliphatic carbocycles. The lowest BCUT2D eigenvalue weighted by Crippen LogP contribution is -2.34. The molecule has 0 N–H and O–H groups in total.